The van der Waals surface area contributed by atoms with Crippen LogP contribution in [0.25, 0.3) is 0 Å². The summed E-state index contributed by atoms with van der Waals surface area (Å²) < 4.78 is 0. The van der Waals surface area contributed by atoms with E-state index in [0.29, 0.717) is 25.9 Å². The first-order valence-electron chi connectivity index (χ1n) is 9.51. The molecule has 6 N–H and O–H groups in total. The summed E-state index contributed by atoms with van der Waals surface area (Å²) in [7, 11) is 0. The van der Waals surface area contributed by atoms with E-state index in [1.165, 1.54) is 51.4 Å². The molecule has 0 aliphatic rings. The van der Waals surface area contributed by atoms with E-state index >= 15 is 0 Å². The van der Waals surface area contributed by atoms with Crippen LogP contribution in [0.4, 0.5) is 0 Å². The maximum Gasteiger partial charge on any atom is 0.323 e. The molecule has 0 atom stereocenters. The zero-order chi connectivity index (χ0) is 17.4. The fraction of sp³-hybridized carbons (Fsp3) is 0.944. The van der Waals surface area contributed by atoms with E-state index in [2.05, 4.69) is 12.2 Å². The van der Waals surface area contributed by atoms with Gasteiger partial charge in [0.1, 0.15) is 5.54 Å². The largest absolute Gasteiger partial charge is 0.480 e. The summed E-state index contributed by atoms with van der Waals surface area (Å²) in [5.74, 6) is -0.833. The molecule has 0 aliphatic heterocycles. The quantitative estimate of drug-likeness (QED) is 0.307. The Balaban J connectivity index is 3.72. The number of carboxylic acids is 1. The maximum absolute atomic E-state index is 11.5. The number of hydrogen-bond donors (Lipinski definition) is 4. The van der Waals surface area contributed by atoms with Crippen molar-refractivity contribution in [1.82, 2.24) is 5.32 Å². The van der Waals surface area contributed by atoms with Gasteiger partial charge >= 0.3 is 5.97 Å². The molecule has 0 saturated heterocycles. The van der Waals surface area contributed by atoms with Gasteiger partial charge in [0.25, 0.3) is 0 Å². The van der Waals surface area contributed by atoms with Crippen molar-refractivity contribution in [3.63, 3.8) is 0 Å². The highest BCUT2D eigenvalue weighted by atomic mass is 16.4. The lowest BCUT2D eigenvalue weighted by atomic mass is 9.91. The Kier molecular flexibility index (Phi) is 14.5. The van der Waals surface area contributed by atoms with Gasteiger partial charge in [-0.2, -0.15) is 0 Å². The van der Waals surface area contributed by atoms with Gasteiger partial charge in [0.05, 0.1) is 0 Å². The van der Waals surface area contributed by atoms with Gasteiger partial charge in [-0.25, -0.2) is 0 Å². The molecule has 0 rings (SSSR count). The van der Waals surface area contributed by atoms with Crippen molar-refractivity contribution in [2.45, 2.75) is 89.5 Å². The molecule has 0 bridgehead atoms. The van der Waals surface area contributed by atoms with Gasteiger partial charge in [-0.1, -0.05) is 64.7 Å². The summed E-state index contributed by atoms with van der Waals surface area (Å²) in [4.78, 5) is 11.5. The summed E-state index contributed by atoms with van der Waals surface area (Å²) in [6, 6.07) is 0. The van der Waals surface area contributed by atoms with Gasteiger partial charge in [-0.05, 0) is 38.9 Å². The third-order valence-corrected chi connectivity index (χ3v) is 4.55. The van der Waals surface area contributed by atoms with Crippen LogP contribution in [0.2, 0.25) is 0 Å². The van der Waals surface area contributed by atoms with E-state index in [4.69, 9.17) is 11.5 Å². The Bertz CT molecular complexity index is 279. The molecular weight excluding hydrogens is 290 g/mol. The average Bonchev–Trinajstić information content (AvgIpc) is 2.52. The molecule has 23 heavy (non-hydrogen) atoms. The van der Waals surface area contributed by atoms with E-state index in [1.807, 2.05) is 0 Å². The molecule has 0 spiro atoms. The summed E-state index contributed by atoms with van der Waals surface area (Å²) in [6.07, 6.45) is 13.7. The Labute approximate surface area is 142 Å². The first-order chi connectivity index (χ1) is 11.1. The number of rotatable bonds is 17. The number of unbranched alkanes of at least 4 members (excludes halogenated alkanes) is 9. The molecular formula is C18H39N3O2. The highest BCUT2D eigenvalue weighted by Gasteiger charge is 2.36. The standard InChI is InChI=1S/C18H39N3O2/c1-2-3-4-5-6-7-8-9-10-11-16-21-18(12-14-19,13-15-20)17(22)23/h21H,2-16,19-20H2,1H3,(H,22,23). The molecule has 0 heterocycles. The second kappa shape index (κ2) is 14.9. The first-order valence-corrected chi connectivity index (χ1v) is 9.51. The predicted molar refractivity (Wildman–Crippen MR) is 97.6 cm³/mol. The molecule has 0 fully saturated rings. The number of carbonyl (C=O) groups is 1. The van der Waals surface area contributed by atoms with Crippen LogP contribution in [0.1, 0.15) is 84.0 Å². The van der Waals surface area contributed by atoms with Crippen LogP contribution in [-0.4, -0.2) is 36.2 Å². The van der Waals surface area contributed by atoms with Gasteiger partial charge in [0.2, 0.25) is 0 Å². The summed E-state index contributed by atoms with van der Waals surface area (Å²) >= 11 is 0. The summed E-state index contributed by atoms with van der Waals surface area (Å²) in [6.45, 7) is 3.69. The molecule has 5 heteroatoms. The Morgan fingerprint density at radius 3 is 1.70 bits per heavy atom. The smallest absolute Gasteiger partial charge is 0.323 e. The normalized spacial score (nSPS) is 11.8. The minimum Gasteiger partial charge on any atom is -0.480 e. The molecule has 0 amide bonds. The fourth-order valence-corrected chi connectivity index (χ4v) is 3.02. The fourth-order valence-electron chi connectivity index (χ4n) is 3.02. The third-order valence-electron chi connectivity index (χ3n) is 4.55. The predicted octanol–water partition coefficient (Wildman–Crippen LogP) is 3.02. The van der Waals surface area contributed by atoms with Gasteiger partial charge in [-0.15, -0.1) is 0 Å². The third kappa shape index (κ3) is 10.7. The van der Waals surface area contributed by atoms with E-state index in [9.17, 15) is 9.90 Å². The minimum absolute atomic E-state index is 0.358. The van der Waals surface area contributed by atoms with Crippen LogP contribution < -0.4 is 16.8 Å². The van der Waals surface area contributed by atoms with Crippen molar-refractivity contribution in [3.8, 4) is 0 Å². The van der Waals surface area contributed by atoms with E-state index in [0.717, 1.165) is 19.4 Å². The lowest BCUT2D eigenvalue weighted by Gasteiger charge is -2.30. The second-order valence-corrected chi connectivity index (χ2v) is 6.57. The van der Waals surface area contributed by atoms with Gasteiger partial charge in [-0.3, -0.25) is 4.79 Å². The average molecular weight is 330 g/mol. The summed E-state index contributed by atoms with van der Waals surface area (Å²) in [5, 5.41) is 12.7. The molecule has 0 aliphatic carbocycles. The van der Waals surface area contributed by atoms with Crippen molar-refractivity contribution in [3.05, 3.63) is 0 Å². The maximum atomic E-state index is 11.5. The van der Waals surface area contributed by atoms with Crippen LogP contribution in [-0.2, 0) is 4.79 Å². The van der Waals surface area contributed by atoms with Crippen molar-refractivity contribution in [2.75, 3.05) is 19.6 Å². The molecule has 0 radical (unpaired) electrons. The van der Waals surface area contributed by atoms with Crippen LogP contribution >= 0.6 is 0 Å². The van der Waals surface area contributed by atoms with Gasteiger partial charge in [0.15, 0.2) is 0 Å². The number of carboxylic acid groups (broad SMARTS) is 1. The number of nitrogens with two attached hydrogens (primary N) is 2. The lowest BCUT2D eigenvalue weighted by Crippen LogP contribution is -2.54. The molecule has 0 unspecified atom stereocenters. The second-order valence-electron chi connectivity index (χ2n) is 6.57. The van der Waals surface area contributed by atoms with Gasteiger partial charge in [0, 0.05) is 0 Å². The monoisotopic (exact) mass is 329 g/mol. The van der Waals surface area contributed by atoms with Crippen LogP contribution in [0.5, 0.6) is 0 Å². The van der Waals surface area contributed by atoms with Crippen molar-refractivity contribution in [2.24, 2.45) is 11.5 Å². The zero-order valence-corrected chi connectivity index (χ0v) is 15.1. The molecule has 138 valence electrons. The highest BCUT2D eigenvalue weighted by Crippen LogP contribution is 2.16. The molecule has 0 saturated carbocycles. The van der Waals surface area contributed by atoms with E-state index in [-0.39, 0.29) is 0 Å². The van der Waals surface area contributed by atoms with Crippen molar-refractivity contribution < 1.29 is 9.90 Å². The van der Waals surface area contributed by atoms with Crippen LogP contribution in [0, 0.1) is 0 Å². The Hall–Kier alpha value is -0.650. The first kappa shape index (κ1) is 22.4. The number of aliphatic carboxylic acids is 1. The van der Waals surface area contributed by atoms with Crippen molar-refractivity contribution >= 4 is 5.97 Å². The Morgan fingerprint density at radius 1 is 0.870 bits per heavy atom. The molecule has 5 nitrogen and oxygen atoms in total. The van der Waals surface area contributed by atoms with Gasteiger partial charge < -0.3 is 21.9 Å². The van der Waals surface area contributed by atoms with E-state index < -0.39 is 11.5 Å². The molecule has 0 aromatic rings. The summed E-state index contributed by atoms with van der Waals surface area (Å²) in [5.41, 5.74) is 10.2. The SMILES string of the molecule is CCCCCCCCCCCCNC(CCN)(CCN)C(=O)O. The van der Waals surface area contributed by atoms with E-state index in [1.54, 1.807) is 0 Å². The number of nitrogens with one attached hydrogen (secondary N) is 1. The molecule has 0 aromatic carbocycles. The molecule has 0 aromatic heterocycles. The zero-order valence-electron chi connectivity index (χ0n) is 15.1. The van der Waals surface area contributed by atoms with Crippen LogP contribution in [0.15, 0.2) is 0 Å². The number of hydrogen-bond acceptors (Lipinski definition) is 4. The lowest BCUT2D eigenvalue weighted by molar-refractivity contribution is -0.145. The minimum atomic E-state index is -0.942. The topological polar surface area (TPSA) is 101 Å². The Morgan fingerprint density at radius 2 is 1.30 bits per heavy atom. The van der Waals surface area contributed by atoms with Crippen LogP contribution in [0.3, 0.4) is 0 Å². The van der Waals surface area contributed by atoms with Crippen molar-refractivity contribution in [1.29, 1.82) is 0 Å². The highest BCUT2D eigenvalue weighted by molar-refractivity contribution is 5.78.